The number of Topliss-reactive ketones (excluding diaryl/α,β-unsaturated/α-hetero) is 1. The Labute approximate surface area is 94.4 Å². The average molecular weight is 222 g/mol. The number of halogens is 1. The van der Waals surface area contributed by atoms with Crippen molar-refractivity contribution in [2.45, 2.75) is 31.8 Å². The van der Waals surface area contributed by atoms with E-state index in [2.05, 4.69) is 0 Å². The summed E-state index contributed by atoms with van der Waals surface area (Å²) < 4.78 is 18.1. The average Bonchev–Trinajstić information content (AvgIpc) is 2.33. The van der Waals surface area contributed by atoms with Crippen LogP contribution in [0.25, 0.3) is 0 Å². The van der Waals surface area contributed by atoms with E-state index >= 15 is 0 Å². The lowest BCUT2D eigenvalue weighted by atomic mass is 10.00. The summed E-state index contributed by atoms with van der Waals surface area (Å²) in [4.78, 5) is 11.8. The Morgan fingerprint density at radius 1 is 1.31 bits per heavy atom. The van der Waals surface area contributed by atoms with Crippen molar-refractivity contribution < 1.29 is 13.9 Å². The smallest absolute Gasteiger partial charge is 0.165 e. The number of carbonyl (C=O) groups is 1. The third-order valence-corrected chi connectivity index (χ3v) is 2.83. The normalized spacial score (nSPS) is 20.7. The van der Waals surface area contributed by atoms with E-state index in [0.29, 0.717) is 13.0 Å². The molecule has 2 nitrogen and oxygen atoms in total. The number of hydrogen-bond acceptors (Lipinski definition) is 2. The van der Waals surface area contributed by atoms with Crippen LogP contribution in [0.2, 0.25) is 0 Å². The van der Waals surface area contributed by atoms with E-state index in [4.69, 9.17) is 4.74 Å². The summed E-state index contributed by atoms with van der Waals surface area (Å²) in [5, 5.41) is 0. The zero-order valence-electron chi connectivity index (χ0n) is 9.12. The molecule has 0 spiro atoms. The fourth-order valence-electron chi connectivity index (χ4n) is 1.91. The van der Waals surface area contributed by atoms with Gasteiger partial charge in [-0.05, 0) is 37.0 Å². The number of carbonyl (C=O) groups excluding carboxylic acids is 1. The molecule has 86 valence electrons. The molecule has 0 N–H and O–H groups in total. The van der Waals surface area contributed by atoms with Crippen molar-refractivity contribution >= 4 is 5.78 Å². The van der Waals surface area contributed by atoms with Crippen molar-refractivity contribution in [1.29, 1.82) is 0 Å². The van der Waals surface area contributed by atoms with Crippen molar-refractivity contribution in [3.8, 4) is 0 Å². The fourth-order valence-corrected chi connectivity index (χ4v) is 1.91. The molecule has 0 bridgehead atoms. The van der Waals surface area contributed by atoms with Gasteiger partial charge in [0.15, 0.2) is 5.78 Å². The Hall–Kier alpha value is -1.22. The van der Waals surface area contributed by atoms with Crippen LogP contribution in [0.4, 0.5) is 4.39 Å². The minimum Gasteiger partial charge on any atom is -0.370 e. The topological polar surface area (TPSA) is 26.3 Å². The summed E-state index contributed by atoms with van der Waals surface area (Å²) in [5.41, 5.74) is 0.848. The molecule has 0 radical (unpaired) electrons. The van der Waals surface area contributed by atoms with E-state index in [1.54, 1.807) is 12.1 Å². The predicted octanol–water partition coefficient (Wildman–Crippen LogP) is 2.51. The molecule has 0 aliphatic carbocycles. The molecule has 1 aliphatic heterocycles. The largest absolute Gasteiger partial charge is 0.370 e. The van der Waals surface area contributed by atoms with E-state index in [0.717, 1.165) is 24.8 Å². The molecule has 1 aliphatic rings. The second-order valence-electron chi connectivity index (χ2n) is 4.12. The van der Waals surface area contributed by atoms with Gasteiger partial charge < -0.3 is 4.74 Å². The van der Waals surface area contributed by atoms with Crippen LogP contribution in [0.1, 0.15) is 24.8 Å². The molecule has 3 heteroatoms. The highest BCUT2D eigenvalue weighted by molar-refractivity contribution is 5.85. The predicted molar refractivity (Wildman–Crippen MR) is 58.7 cm³/mol. The quantitative estimate of drug-likeness (QED) is 0.785. The van der Waals surface area contributed by atoms with Crippen molar-refractivity contribution in [1.82, 2.24) is 0 Å². The molecule has 1 saturated heterocycles. The minimum absolute atomic E-state index is 0.103. The number of ketones is 1. The van der Waals surface area contributed by atoms with E-state index in [9.17, 15) is 9.18 Å². The second-order valence-corrected chi connectivity index (χ2v) is 4.12. The van der Waals surface area contributed by atoms with Gasteiger partial charge in [0.05, 0.1) is 0 Å². The van der Waals surface area contributed by atoms with Crippen LogP contribution in [0.3, 0.4) is 0 Å². The van der Waals surface area contributed by atoms with E-state index in [1.807, 2.05) is 0 Å². The van der Waals surface area contributed by atoms with Gasteiger partial charge in [-0.25, -0.2) is 4.39 Å². The highest BCUT2D eigenvalue weighted by Crippen LogP contribution is 2.15. The van der Waals surface area contributed by atoms with Gasteiger partial charge in [-0.15, -0.1) is 0 Å². The molecule has 1 aromatic carbocycles. The van der Waals surface area contributed by atoms with Crippen molar-refractivity contribution in [3.05, 3.63) is 35.6 Å². The molecule has 1 atom stereocenters. The standard InChI is InChI=1S/C13H15FO2/c14-11-6-4-10(5-7-11)9-12(15)13-3-1-2-8-16-13/h4-7,13H,1-3,8-9H2. The Morgan fingerprint density at radius 2 is 2.06 bits per heavy atom. The van der Waals surface area contributed by atoms with Gasteiger partial charge in [0.1, 0.15) is 11.9 Å². The van der Waals surface area contributed by atoms with Crippen molar-refractivity contribution in [2.24, 2.45) is 0 Å². The summed E-state index contributed by atoms with van der Waals surface area (Å²) in [6, 6.07) is 6.06. The van der Waals surface area contributed by atoms with Crippen LogP contribution < -0.4 is 0 Å². The van der Waals surface area contributed by atoms with Gasteiger partial charge >= 0.3 is 0 Å². The lowest BCUT2D eigenvalue weighted by Crippen LogP contribution is -2.29. The van der Waals surface area contributed by atoms with E-state index in [1.165, 1.54) is 12.1 Å². The zero-order valence-corrected chi connectivity index (χ0v) is 9.12. The second kappa shape index (κ2) is 5.21. The third kappa shape index (κ3) is 2.89. The van der Waals surface area contributed by atoms with E-state index in [-0.39, 0.29) is 17.7 Å². The van der Waals surface area contributed by atoms with Crippen molar-refractivity contribution in [2.75, 3.05) is 6.61 Å². The highest BCUT2D eigenvalue weighted by Gasteiger charge is 2.21. The maximum absolute atomic E-state index is 12.7. The highest BCUT2D eigenvalue weighted by atomic mass is 19.1. The van der Waals surface area contributed by atoms with Gasteiger partial charge in [-0.1, -0.05) is 12.1 Å². The summed E-state index contributed by atoms with van der Waals surface area (Å²) in [5.74, 6) is -0.170. The maximum Gasteiger partial charge on any atom is 0.165 e. The van der Waals surface area contributed by atoms with Crippen LogP contribution >= 0.6 is 0 Å². The van der Waals surface area contributed by atoms with Crippen molar-refractivity contribution in [3.63, 3.8) is 0 Å². The summed E-state index contributed by atoms with van der Waals surface area (Å²) in [6.07, 6.45) is 3.00. The zero-order chi connectivity index (χ0) is 11.4. The first-order valence-electron chi connectivity index (χ1n) is 5.64. The number of rotatable bonds is 3. The first-order valence-corrected chi connectivity index (χ1v) is 5.64. The Kier molecular flexibility index (Phi) is 3.67. The fraction of sp³-hybridized carbons (Fsp3) is 0.462. The monoisotopic (exact) mass is 222 g/mol. The summed E-state index contributed by atoms with van der Waals surface area (Å²) in [7, 11) is 0. The van der Waals surface area contributed by atoms with Gasteiger partial charge in [0.25, 0.3) is 0 Å². The lowest BCUT2D eigenvalue weighted by molar-refractivity contribution is -0.132. The van der Waals surface area contributed by atoms with Gasteiger partial charge in [-0.3, -0.25) is 4.79 Å². The maximum atomic E-state index is 12.7. The third-order valence-electron chi connectivity index (χ3n) is 2.83. The van der Waals surface area contributed by atoms with E-state index < -0.39 is 0 Å². The van der Waals surface area contributed by atoms with Crippen LogP contribution in [0, 0.1) is 5.82 Å². The molecule has 0 amide bonds. The molecule has 16 heavy (non-hydrogen) atoms. The molecular weight excluding hydrogens is 207 g/mol. The van der Waals surface area contributed by atoms with Crippen LogP contribution in [0.5, 0.6) is 0 Å². The first-order chi connectivity index (χ1) is 7.75. The first kappa shape index (κ1) is 11.3. The van der Waals surface area contributed by atoms with Crippen LogP contribution in [-0.2, 0) is 16.0 Å². The van der Waals surface area contributed by atoms with Crippen LogP contribution in [0.15, 0.2) is 24.3 Å². The molecule has 1 fully saturated rings. The molecule has 0 aromatic heterocycles. The Balaban J connectivity index is 1.93. The number of hydrogen-bond donors (Lipinski definition) is 0. The Bertz CT molecular complexity index is 353. The van der Waals surface area contributed by atoms with Gasteiger partial charge in [0, 0.05) is 13.0 Å². The van der Waals surface area contributed by atoms with Gasteiger partial charge in [-0.2, -0.15) is 0 Å². The summed E-state index contributed by atoms with van der Waals surface area (Å²) >= 11 is 0. The molecule has 1 aromatic rings. The molecule has 2 rings (SSSR count). The number of benzene rings is 1. The molecule has 1 heterocycles. The minimum atomic E-state index is -0.273. The molecule has 0 saturated carbocycles. The van der Waals surface area contributed by atoms with Gasteiger partial charge in [0.2, 0.25) is 0 Å². The molecule has 1 unspecified atom stereocenters. The number of ether oxygens (including phenoxy) is 1. The van der Waals surface area contributed by atoms with Crippen LogP contribution in [-0.4, -0.2) is 18.5 Å². The lowest BCUT2D eigenvalue weighted by Gasteiger charge is -2.21. The SMILES string of the molecule is O=C(Cc1ccc(F)cc1)C1CCCCO1. The molecular formula is C13H15FO2. The summed E-state index contributed by atoms with van der Waals surface area (Å²) in [6.45, 7) is 0.680. The Morgan fingerprint density at radius 3 is 2.69 bits per heavy atom.